The minimum atomic E-state index is -0.875. The van der Waals surface area contributed by atoms with E-state index in [1.807, 2.05) is 20.3 Å². The second-order valence-electron chi connectivity index (χ2n) is 6.13. The first-order chi connectivity index (χ1) is 6.96. The van der Waals surface area contributed by atoms with Gasteiger partial charge in [0.25, 0.3) is 0 Å². The van der Waals surface area contributed by atoms with Crippen LogP contribution in [0.15, 0.2) is 0 Å². The molecule has 4 heteroatoms. The summed E-state index contributed by atoms with van der Waals surface area (Å²) >= 11 is 0. The zero-order chi connectivity index (χ0) is 13.6. The molecule has 108 valence electrons. The van der Waals surface area contributed by atoms with Crippen LogP contribution >= 0.6 is 7.92 Å². The predicted octanol–water partition coefficient (Wildman–Crippen LogP) is 4.11. The Balaban J connectivity index is -0.000000440. The minimum absolute atomic E-state index is 0. The van der Waals surface area contributed by atoms with Crippen LogP contribution < -0.4 is 0 Å². The zero-order valence-electron chi connectivity index (χ0n) is 12.5. The van der Waals surface area contributed by atoms with Gasteiger partial charge in [-0.1, -0.05) is 0 Å². The molecule has 0 aromatic rings. The van der Waals surface area contributed by atoms with Gasteiger partial charge >= 0.3 is 5.97 Å². The molecule has 0 aromatic heterocycles. The molecule has 0 saturated heterocycles. The Hall–Kier alpha value is 0.394. The van der Waals surface area contributed by atoms with Crippen molar-refractivity contribution in [1.29, 1.82) is 0 Å². The van der Waals surface area contributed by atoms with Gasteiger partial charge in [0.15, 0.2) is 6.16 Å². The summed E-state index contributed by atoms with van der Waals surface area (Å²) in [6, 6.07) is 0. The summed E-state index contributed by atoms with van der Waals surface area (Å²) in [4.78, 5) is 10.7. The van der Waals surface area contributed by atoms with Crippen LogP contribution in [-0.4, -0.2) is 27.5 Å². The molecule has 0 aliphatic carbocycles. The molecule has 0 rings (SSSR count). The Kier molecular flexibility index (Phi) is 12.4. The Morgan fingerprint density at radius 2 is 1.29 bits per heavy atom. The van der Waals surface area contributed by atoms with Crippen molar-refractivity contribution >= 4 is 13.9 Å². The summed E-state index contributed by atoms with van der Waals surface area (Å²) < 4.78 is 0. The summed E-state index contributed by atoms with van der Waals surface area (Å²) in [5.74, 6) is -0.654. The maximum Gasteiger partial charge on any atom is 0.341 e. The van der Waals surface area contributed by atoms with Crippen LogP contribution in [0.3, 0.4) is 0 Å². The summed E-state index contributed by atoms with van der Waals surface area (Å²) in [5, 5.41) is 9.14. The van der Waals surface area contributed by atoms with Crippen molar-refractivity contribution in [1.82, 2.24) is 0 Å². The van der Waals surface area contributed by atoms with Gasteiger partial charge in [-0.2, -0.15) is 13.8 Å². The quantitative estimate of drug-likeness (QED) is 0.473. The van der Waals surface area contributed by atoms with Crippen LogP contribution in [0.4, 0.5) is 0 Å². The van der Waals surface area contributed by atoms with Crippen molar-refractivity contribution in [2.45, 2.75) is 65.7 Å². The molecular formula is C13H29NiO2P. The van der Waals surface area contributed by atoms with Gasteiger partial charge in [0, 0.05) is 24.4 Å². The van der Waals surface area contributed by atoms with Gasteiger partial charge < -0.3 is 11.5 Å². The van der Waals surface area contributed by atoms with E-state index in [1.165, 1.54) is 0 Å². The number of hydrogen-bond donors (Lipinski definition) is 1. The molecule has 2 nitrogen and oxygen atoms in total. The van der Waals surface area contributed by atoms with Gasteiger partial charge in [-0.25, -0.2) is 4.79 Å². The molecule has 0 aliphatic rings. The fourth-order valence-electron chi connectivity index (χ4n) is 1.81. The summed E-state index contributed by atoms with van der Waals surface area (Å²) in [5.41, 5.74) is 0. The van der Waals surface area contributed by atoms with Crippen LogP contribution in [0.25, 0.3) is 0 Å². The average Bonchev–Trinajstić information content (AvgIpc) is 1.97. The first-order valence-electron chi connectivity index (χ1n) is 5.79. The predicted molar refractivity (Wildman–Crippen MR) is 76.0 cm³/mol. The summed E-state index contributed by atoms with van der Waals surface area (Å²) in [7, 11) is -0.875. The molecule has 17 heavy (non-hydrogen) atoms. The van der Waals surface area contributed by atoms with E-state index >= 15 is 0 Å². The van der Waals surface area contributed by atoms with E-state index in [2.05, 4.69) is 41.5 Å². The van der Waals surface area contributed by atoms with E-state index in [4.69, 9.17) is 5.11 Å². The van der Waals surface area contributed by atoms with Gasteiger partial charge in [-0.05, 0) is 41.5 Å². The van der Waals surface area contributed by atoms with Crippen LogP contribution in [-0.2, 0) is 21.3 Å². The van der Waals surface area contributed by atoms with E-state index < -0.39 is 13.9 Å². The van der Waals surface area contributed by atoms with Crippen molar-refractivity contribution in [3.8, 4) is 0 Å². The number of aliphatic carboxylic acids is 1. The molecule has 0 heterocycles. The van der Waals surface area contributed by atoms with Crippen molar-refractivity contribution in [3.05, 3.63) is 6.42 Å². The number of rotatable bonds is 2. The largest absolute Gasteiger partial charge is 0.479 e. The number of carboxylic acids is 1. The van der Waals surface area contributed by atoms with E-state index in [9.17, 15) is 4.79 Å². The van der Waals surface area contributed by atoms with E-state index in [0.717, 1.165) is 0 Å². The van der Waals surface area contributed by atoms with Crippen LogP contribution in [0.1, 0.15) is 55.4 Å². The van der Waals surface area contributed by atoms with Gasteiger partial charge in [-0.15, -0.1) is 0 Å². The van der Waals surface area contributed by atoms with Crippen LogP contribution in [0.5, 0.6) is 0 Å². The smallest absolute Gasteiger partial charge is 0.341 e. The molecule has 0 radical (unpaired) electrons. The third kappa shape index (κ3) is 12.6. The molecule has 0 saturated carbocycles. The third-order valence-electron chi connectivity index (χ3n) is 2.14. The molecule has 0 amide bonds. The van der Waals surface area contributed by atoms with Crippen LogP contribution in [0, 0.1) is 6.42 Å². The van der Waals surface area contributed by atoms with Crippen molar-refractivity contribution < 1.29 is 26.4 Å². The Morgan fingerprint density at radius 1 is 1.06 bits per heavy atom. The van der Waals surface area contributed by atoms with Gasteiger partial charge in [0.2, 0.25) is 0 Å². The number of hydrogen-bond acceptors (Lipinski definition) is 1. The minimum Gasteiger partial charge on any atom is -0.479 e. The molecule has 0 aromatic carbocycles. The fourth-order valence-corrected chi connectivity index (χ4v) is 5.42. The maximum atomic E-state index is 10.7. The Bertz CT molecular complexity index is 190. The third-order valence-corrected chi connectivity index (χ3v) is 6.42. The first kappa shape index (κ1) is 22.6. The molecule has 0 aliphatic heterocycles. The zero-order valence-corrected chi connectivity index (χ0v) is 14.4. The molecule has 0 atom stereocenters. The van der Waals surface area contributed by atoms with Crippen molar-refractivity contribution in [3.63, 3.8) is 0 Å². The number of carbonyl (C=O) groups is 1. The normalized spacial score (nSPS) is 11.4. The standard InChI is InChI=1S/C10H21O2P.C3H7.Ni/c1-9(2,3)13(7-8(11)12)10(4,5)6;1-3-2;/h7H2,1-6H3,(H,11,12);3H,1-2H3;/q;-1;/p+1. The fraction of sp³-hybridized carbons (Fsp3) is 0.846. The van der Waals surface area contributed by atoms with Crippen LogP contribution in [0.2, 0.25) is 0 Å². The summed E-state index contributed by atoms with van der Waals surface area (Å²) in [6.45, 7) is 16.9. The van der Waals surface area contributed by atoms with Gasteiger partial charge in [0.05, 0.1) is 10.3 Å². The second kappa shape index (κ2) is 9.34. The topological polar surface area (TPSA) is 37.3 Å². The van der Waals surface area contributed by atoms with E-state index in [1.54, 1.807) is 0 Å². The maximum absolute atomic E-state index is 10.7. The molecular weight excluding hydrogens is 278 g/mol. The monoisotopic (exact) mass is 306 g/mol. The molecule has 0 spiro atoms. The molecule has 0 fully saturated rings. The Morgan fingerprint density at radius 3 is 1.35 bits per heavy atom. The average molecular weight is 307 g/mol. The molecule has 0 bridgehead atoms. The van der Waals surface area contributed by atoms with Gasteiger partial charge in [-0.3, -0.25) is 0 Å². The van der Waals surface area contributed by atoms with E-state index in [-0.39, 0.29) is 26.8 Å². The Labute approximate surface area is 119 Å². The van der Waals surface area contributed by atoms with Crippen molar-refractivity contribution in [2.75, 3.05) is 6.16 Å². The molecule has 0 unspecified atom stereocenters. The van der Waals surface area contributed by atoms with E-state index in [0.29, 0.717) is 6.16 Å². The molecule has 1 N–H and O–H groups in total. The van der Waals surface area contributed by atoms with Crippen molar-refractivity contribution in [2.24, 2.45) is 0 Å². The van der Waals surface area contributed by atoms with Gasteiger partial charge in [0.1, 0.15) is 0 Å². The first-order valence-corrected chi connectivity index (χ1v) is 7.50. The summed E-state index contributed by atoms with van der Waals surface area (Å²) in [6.07, 6.45) is 2.36. The SMILES string of the molecule is CC(C)(C)[PH+](CC(=O)O)C(C)(C)C.C[CH-]C.[Ni]. The second-order valence-corrected chi connectivity index (χ2v) is 10.4. The number of carboxylic acid groups (broad SMARTS) is 1.